The van der Waals surface area contributed by atoms with Gasteiger partial charge < -0.3 is 14.8 Å². The second-order valence-electron chi connectivity index (χ2n) is 6.21. The normalized spacial score (nSPS) is 14.3. The van der Waals surface area contributed by atoms with Crippen molar-refractivity contribution in [2.75, 3.05) is 29.1 Å². The van der Waals surface area contributed by atoms with E-state index in [1.165, 1.54) is 25.1 Å². The number of nitrogens with zero attached hydrogens (tertiary/aromatic N) is 1. The molecular formula is C18H18Cl2N2O5S. The van der Waals surface area contributed by atoms with E-state index in [1.807, 2.05) is 0 Å². The number of amides is 1. The molecule has 0 aromatic heterocycles. The highest BCUT2D eigenvalue weighted by molar-refractivity contribution is 7.92. The number of anilines is 2. The van der Waals surface area contributed by atoms with E-state index in [2.05, 4.69) is 5.32 Å². The number of rotatable bonds is 5. The first-order chi connectivity index (χ1) is 13.1. The molecular weight excluding hydrogens is 427 g/mol. The summed E-state index contributed by atoms with van der Waals surface area (Å²) in [6.45, 7) is 2.35. The molecule has 28 heavy (non-hydrogen) atoms. The molecule has 0 saturated carbocycles. The Hall–Kier alpha value is -2.16. The van der Waals surface area contributed by atoms with Crippen molar-refractivity contribution in [3.05, 3.63) is 46.4 Å². The number of ether oxygens (including phenoxy) is 2. The highest BCUT2D eigenvalue weighted by Gasteiger charge is 2.30. The molecule has 1 heterocycles. The van der Waals surface area contributed by atoms with Crippen molar-refractivity contribution < 1.29 is 22.7 Å². The third kappa shape index (κ3) is 4.63. The lowest BCUT2D eigenvalue weighted by molar-refractivity contribution is -0.116. The zero-order valence-corrected chi connectivity index (χ0v) is 17.4. The first-order valence-electron chi connectivity index (χ1n) is 8.31. The van der Waals surface area contributed by atoms with E-state index in [1.54, 1.807) is 18.2 Å². The van der Waals surface area contributed by atoms with E-state index < -0.39 is 22.0 Å². The van der Waals surface area contributed by atoms with Crippen molar-refractivity contribution in [2.45, 2.75) is 13.0 Å². The molecule has 0 bridgehead atoms. The Morgan fingerprint density at radius 3 is 2.29 bits per heavy atom. The Kier molecular flexibility index (Phi) is 5.92. The fourth-order valence-corrected chi connectivity index (χ4v) is 4.52. The number of nitrogens with one attached hydrogen (secondary N) is 1. The molecule has 150 valence electrons. The smallest absolute Gasteiger partial charge is 0.247 e. The highest BCUT2D eigenvalue weighted by atomic mass is 35.5. The van der Waals surface area contributed by atoms with E-state index in [-0.39, 0.29) is 15.7 Å². The standard InChI is InChI=1S/C18H18Cl2N2O5S/c1-11(22(28(2,24)25)15-8-12(19)7-13(20)9-15)18(23)21-14-3-4-16-17(10-14)27-6-5-26-16/h3-4,7-11H,5-6H2,1-2H3,(H,21,23)/t11-/m0/s1. The summed E-state index contributed by atoms with van der Waals surface area (Å²) in [5, 5.41) is 3.22. The van der Waals surface area contributed by atoms with E-state index in [9.17, 15) is 13.2 Å². The van der Waals surface area contributed by atoms with Crippen molar-refractivity contribution in [2.24, 2.45) is 0 Å². The number of hydrogen-bond donors (Lipinski definition) is 1. The lowest BCUT2D eigenvalue weighted by Gasteiger charge is -2.28. The van der Waals surface area contributed by atoms with Crippen LogP contribution >= 0.6 is 23.2 Å². The average Bonchev–Trinajstić information content (AvgIpc) is 2.59. The van der Waals surface area contributed by atoms with E-state index in [0.717, 1.165) is 10.6 Å². The van der Waals surface area contributed by atoms with Crippen LogP contribution in [-0.4, -0.2) is 39.8 Å². The van der Waals surface area contributed by atoms with Crippen molar-refractivity contribution in [1.29, 1.82) is 0 Å². The predicted molar refractivity (Wildman–Crippen MR) is 109 cm³/mol. The summed E-state index contributed by atoms with van der Waals surface area (Å²) < 4.78 is 36.6. The molecule has 0 fully saturated rings. The Bertz CT molecular complexity index is 993. The van der Waals surface area contributed by atoms with Gasteiger partial charge in [0.2, 0.25) is 15.9 Å². The zero-order chi connectivity index (χ0) is 20.5. The Labute approximate surface area is 173 Å². The van der Waals surface area contributed by atoms with Crippen LogP contribution in [0.3, 0.4) is 0 Å². The molecule has 1 N–H and O–H groups in total. The van der Waals surface area contributed by atoms with Gasteiger partial charge in [-0.2, -0.15) is 0 Å². The Morgan fingerprint density at radius 2 is 1.68 bits per heavy atom. The molecule has 0 saturated heterocycles. The van der Waals surface area contributed by atoms with E-state index in [4.69, 9.17) is 32.7 Å². The number of fused-ring (bicyclic) bond motifs is 1. The summed E-state index contributed by atoms with van der Waals surface area (Å²) in [5.41, 5.74) is 0.656. The van der Waals surface area contributed by atoms with Gasteiger partial charge in [0.1, 0.15) is 19.3 Å². The second-order valence-corrected chi connectivity index (χ2v) is 8.94. The first kappa shape index (κ1) is 20.6. The summed E-state index contributed by atoms with van der Waals surface area (Å²) >= 11 is 12.0. The molecule has 2 aromatic rings. The highest BCUT2D eigenvalue weighted by Crippen LogP contribution is 2.33. The molecule has 2 aromatic carbocycles. The summed E-state index contributed by atoms with van der Waals surface area (Å²) in [6.07, 6.45) is 1.01. The Morgan fingerprint density at radius 1 is 1.07 bits per heavy atom. The van der Waals surface area contributed by atoms with Gasteiger partial charge in [0, 0.05) is 21.8 Å². The van der Waals surface area contributed by atoms with Crippen molar-refractivity contribution >= 4 is 50.5 Å². The minimum Gasteiger partial charge on any atom is -0.486 e. The van der Waals surface area contributed by atoms with Crippen LogP contribution in [-0.2, 0) is 14.8 Å². The molecule has 1 amide bonds. The molecule has 7 nitrogen and oxygen atoms in total. The average molecular weight is 445 g/mol. The zero-order valence-electron chi connectivity index (χ0n) is 15.1. The largest absolute Gasteiger partial charge is 0.486 e. The van der Waals surface area contributed by atoms with Gasteiger partial charge in [-0.25, -0.2) is 8.42 Å². The van der Waals surface area contributed by atoms with Gasteiger partial charge in [0.25, 0.3) is 0 Å². The third-order valence-electron chi connectivity index (χ3n) is 4.00. The molecule has 1 aliphatic heterocycles. The molecule has 0 spiro atoms. The summed E-state index contributed by atoms with van der Waals surface area (Å²) in [6, 6.07) is 8.24. The SMILES string of the molecule is C[C@@H](C(=O)Nc1ccc2c(c1)OCCO2)N(c1cc(Cl)cc(Cl)c1)S(C)(=O)=O. The van der Waals surface area contributed by atoms with Crippen molar-refractivity contribution in [1.82, 2.24) is 0 Å². The predicted octanol–water partition coefficient (Wildman–Crippen LogP) is 3.56. The van der Waals surface area contributed by atoms with Crippen LogP contribution in [0.15, 0.2) is 36.4 Å². The summed E-state index contributed by atoms with van der Waals surface area (Å²) in [4.78, 5) is 12.8. The van der Waals surface area contributed by atoms with Gasteiger partial charge in [-0.05, 0) is 37.3 Å². The maximum atomic E-state index is 12.8. The summed E-state index contributed by atoms with van der Waals surface area (Å²) in [5.74, 6) is 0.570. The number of benzene rings is 2. The third-order valence-corrected chi connectivity index (χ3v) is 5.68. The number of halogens is 2. The van der Waals surface area contributed by atoms with Gasteiger partial charge in [-0.15, -0.1) is 0 Å². The van der Waals surface area contributed by atoms with Crippen LogP contribution in [0.5, 0.6) is 11.5 Å². The minimum atomic E-state index is -3.79. The topological polar surface area (TPSA) is 84.9 Å². The van der Waals surface area contributed by atoms with Gasteiger partial charge in [-0.1, -0.05) is 23.2 Å². The molecule has 0 unspecified atom stereocenters. The van der Waals surface area contributed by atoms with Gasteiger partial charge in [0.05, 0.1) is 11.9 Å². The fourth-order valence-electron chi connectivity index (χ4n) is 2.84. The van der Waals surface area contributed by atoms with Crippen molar-refractivity contribution in [3.63, 3.8) is 0 Å². The fraction of sp³-hybridized carbons (Fsp3) is 0.278. The maximum Gasteiger partial charge on any atom is 0.247 e. The molecule has 1 aliphatic rings. The lowest BCUT2D eigenvalue weighted by Crippen LogP contribution is -2.45. The number of carbonyl (C=O) groups excluding carboxylic acids is 1. The van der Waals surface area contributed by atoms with Gasteiger partial charge in [0.15, 0.2) is 11.5 Å². The molecule has 10 heteroatoms. The molecule has 1 atom stereocenters. The van der Waals surface area contributed by atoms with Crippen molar-refractivity contribution in [3.8, 4) is 11.5 Å². The molecule has 3 rings (SSSR count). The first-order valence-corrected chi connectivity index (χ1v) is 10.9. The van der Waals surface area contributed by atoms with Crippen LogP contribution in [0.25, 0.3) is 0 Å². The quantitative estimate of drug-likeness (QED) is 0.761. The minimum absolute atomic E-state index is 0.199. The van der Waals surface area contributed by atoms with Crippen LogP contribution < -0.4 is 19.1 Å². The maximum absolute atomic E-state index is 12.8. The van der Waals surface area contributed by atoms with Gasteiger partial charge >= 0.3 is 0 Å². The molecule has 0 radical (unpaired) electrons. The van der Waals surface area contributed by atoms with E-state index in [0.29, 0.717) is 30.4 Å². The van der Waals surface area contributed by atoms with Crippen LogP contribution in [0, 0.1) is 0 Å². The van der Waals surface area contributed by atoms with Crippen LogP contribution in [0.1, 0.15) is 6.92 Å². The number of hydrogen-bond acceptors (Lipinski definition) is 5. The summed E-state index contributed by atoms with van der Waals surface area (Å²) in [7, 11) is -3.79. The van der Waals surface area contributed by atoms with Crippen LogP contribution in [0.4, 0.5) is 11.4 Å². The van der Waals surface area contributed by atoms with E-state index >= 15 is 0 Å². The number of carbonyl (C=O) groups is 1. The van der Waals surface area contributed by atoms with Gasteiger partial charge in [-0.3, -0.25) is 9.10 Å². The number of sulfonamides is 1. The monoisotopic (exact) mass is 444 g/mol. The van der Waals surface area contributed by atoms with Crippen LogP contribution in [0.2, 0.25) is 10.0 Å². The second kappa shape index (κ2) is 8.06. The molecule has 0 aliphatic carbocycles. The Balaban J connectivity index is 1.86. The lowest BCUT2D eigenvalue weighted by atomic mass is 10.2.